The highest BCUT2D eigenvalue weighted by molar-refractivity contribution is 7.87. The summed E-state index contributed by atoms with van der Waals surface area (Å²) in [6.45, 7) is 3.54. The molecule has 0 bridgehead atoms. The summed E-state index contributed by atoms with van der Waals surface area (Å²) >= 11 is 0. The number of hydrogen-bond acceptors (Lipinski definition) is 6. The summed E-state index contributed by atoms with van der Waals surface area (Å²) < 4.78 is 36.1. The average Bonchev–Trinajstić information content (AvgIpc) is 2.73. The molecular weight excluding hydrogens is 462 g/mol. The van der Waals surface area contributed by atoms with Crippen LogP contribution in [0, 0.1) is 0 Å². The second kappa shape index (κ2) is 19.4. The van der Waals surface area contributed by atoms with Crippen LogP contribution in [0.1, 0.15) is 110 Å². The lowest BCUT2D eigenvalue weighted by molar-refractivity contribution is -0.153. The second-order valence-corrected chi connectivity index (χ2v) is 10.2. The highest BCUT2D eigenvalue weighted by Crippen LogP contribution is 2.11. The number of nitrogens with one attached hydrogen (secondary N) is 1. The van der Waals surface area contributed by atoms with Gasteiger partial charge in [-0.2, -0.15) is 8.42 Å². The van der Waals surface area contributed by atoms with Crippen molar-refractivity contribution < 1.29 is 37.2 Å². The van der Waals surface area contributed by atoms with Crippen molar-refractivity contribution in [1.29, 1.82) is 0 Å². The van der Waals surface area contributed by atoms with E-state index in [9.17, 15) is 22.8 Å². The van der Waals surface area contributed by atoms with Gasteiger partial charge in [0.25, 0.3) is 10.1 Å². The van der Waals surface area contributed by atoms with Gasteiger partial charge in [0, 0.05) is 6.42 Å². The van der Waals surface area contributed by atoms with E-state index in [0.717, 1.165) is 38.5 Å². The molecule has 9 nitrogen and oxygen atoms in total. The topological polar surface area (TPSA) is 147 Å². The fourth-order valence-corrected chi connectivity index (χ4v) is 4.06. The maximum Gasteiger partial charge on any atom is 0.329 e. The van der Waals surface area contributed by atoms with Gasteiger partial charge in [0.1, 0.15) is 0 Å². The molecule has 198 valence electrons. The van der Waals surface area contributed by atoms with Gasteiger partial charge in [-0.1, -0.05) is 70.4 Å². The Morgan fingerprint density at radius 3 is 1.88 bits per heavy atom. The lowest BCUT2D eigenvalue weighted by atomic mass is 10.1. The van der Waals surface area contributed by atoms with Crippen LogP contribution < -0.4 is 5.32 Å². The quantitative estimate of drug-likeness (QED) is 0.0665. The lowest BCUT2D eigenvalue weighted by Crippen LogP contribution is -2.41. The van der Waals surface area contributed by atoms with Crippen molar-refractivity contribution in [2.24, 2.45) is 0 Å². The number of carboxylic acids is 1. The van der Waals surface area contributed by atoms with Gasteiger partial charge in [-0.05, 0) is 39.0 Å². The predicted octanol–water partition coefficient (Wildman–Crippen LogP) is 4.76. The van der Waals surface area contributed by atoms with E-state index in [1.54, 1.807) is 0 Å². The zero-order chi connectivity index (χ0) is 25.8. The van der Waals surface area contributed by atoms with Crippen molar-refractivity contribution >= 4 is 28.0 Å². The smallest absolute Gasteiger partial charge is 0.329 e. The van der Waals surface area contributed by atoms with Crippen molar-refractivity contribution in [3.05, 3.63) is 12.2 Å². The minimum Gasteiger partial charge on any atom is -0.481 e. The van der Waals surface area contributed by atoms with Gasteiger partial charge in [-0.3, -0.25) is 18.9 Å². The Hall–Kier alpha value is -1.94. The highest BCUT2D eigenvalue weighted by atomic mass is 32.2. The van der Waals surface area contributed by atoms with Crippen molar-refractivity contribution in [3.63, 3.8) is 0 Å². The predicted molar refractivity (Wildman–Crippen MR) is 131 cm³/mol. The molecule has 0 spiro atoms. The van der Waals surface area contributed by atoms with Gasteiger partial charge in [0.15, 0.2) is 11.5 Å². The molecule has 0 fully saturated rings. The third-order valence-corrected chi connectivity index (χ3v) is 6.38. The van der Waals surface area contributed by atoms with Gasteiger partial charge in [-0.25, -0.2) is 0 Å². The van der Waals surface area contributed by atoms with E-state index in [-0.39, 0.29) is 12.3 Å². The molecule has 0 saturated carbocycles. The van der Waals surface area contributed by atoms with Crippen LogP contribution >= 0.6 is 0 Å². The molecule has 0 aromatic carbocycles. The molecule has 34 heavy (non-hydrogen) atoms. The van der Waals surface area contributed by atoms with Crippen LogP contribution in [-0.4, -0.2) is 47.4 Å². The molecule has 0 heterocycles. The third kappa shape index (κ3) is 18.5. The van der Waals surface area contributed by atoms with Crippen molar-refractivity contribution in [2.75, 3.05) is 0 Å². The number of amides is 1. The molecule has 0 aromatic heterocycles. The number of carbonyl (C=O) groups excluding carboxylic acids is 2. The Labute approximate surface area is 204 Å². The first-order valence-electron chi connectivity index (χ1n) is 12.4. The molecule has 2 unspecified atom stereocenters. The highest BCUT2D eigenvalue weighted by Gasteiger charge is 2.36. The van der Waals surface area contributed by atoms with E-state index < -0.39 is 40.0 Å². The van der Waals surface area contributed by atoms with Crippen LogP contribution in [0.5, 0.6) is 0 Å². The van der Waals surface area contributed by atoms with E-state index in [4.69, 9.17) is 14.4 Å². The van der Waals surface area contributed by atoms with E-state index in [0.29, 0.717) is 6.42 Å². The van der Waals surface area contributed by atoms with Crippen LogP contribution in [0.25, 0.3) is 0 Å². The molecule has 0 aliphatic heterocycles. The largest absolute Gasteiger partial charge is 0.481 e. The van der Waals surface area contributed by atoms with Crippen LogP contribution in [0.3, 0.4) is 0 Å². The Morgan fingerprint density at radius 2 is 1.38 bits per heavy atom. The molecule has 0 aliphatic carbocycles. The first-order chi connectivity index (χ1) is 16.1. The Morgan fingerprint density at radius 1 is 0.882 bits per heavy atom. The maximum atomic E-state index is 11.9. The SMILES string of the molecule is CCCCCCCCC=CCCCCCCCC(=O)NC(C)OC(=O)C(CC(=O)O)S(=O)(=O)O. The van der Waals surface area contributed by atoms with E-state index in [1.807, 2.05) is 0 Å². The normalized spacial score (nSPS) is 13.5. The molecular formula is C24H43NO8S. The molecule has 0 aliphatic rings. The van der Waals surface area contributed by atoms with Crippen molar-refractivity contribution in [2.45, 2.75) is 122 Å². The number of carbonyl (C=O) groups is 3. The Bertz CT molecular complexity index is 720. The molecule has 2 atom stereocenters. The molecule has 10 heteroatoms. The van der Waals surface area contributed by atoms with Crippen molar-refractivity contribution in [3.8, 4) is 0 Å². The first kappa shape index (κ1) is 32.1. The molecule has 0 aromatic rings. The molecule has 3 N–H and O–H groups in total. The minimum absolute atomic E-state index is 0.233. The summed E-state index contributed by atoms with van der Waals surface area (Å²) in [6.07, 6.45) is 17.4. The van der Waals surface area contributed by atoms with E-state index in [2.05, 4.69) is 24.4 Å². The number of hydrogen-bond donors (Lipinski definition) is 3. The van der Waals surface area contributed by atoms with E-state index >= 15 is 0 Å². The van der Waals surface area contributed by atoms with Crippen LogP contribution in [-0.2, 0) is 29.2 Å². The Balaban J connectivity index is 3.84. The molecule has 0 rings (SSSR count). The number of rotatable bonds is 21. The third-order valence-electron chi connectivity index (χ3n) is 5.31. The van der Waals surface area contributed by atoms with Gasteiger partial charge < -0.3 is 15.2 Å². The summed E-state index contributed by atoms with van der Waals surface area (Å²) in [4.78, 5) is 34.5. The standard InChI is InChI=1S/C24H43NO8S/c1-3-4-5-6-7-8-9-10-11-12-13-14-15-16-17-18-22(26)25-20(2)33-24(29)21(19-23(27)28)34(30,31)32/h10-11,20-21H,3-9,12-19H2,1-2H3,(H,25,26)(H,27,28)(H,30,31,32). The van der Waals surface area contributed by atoms with Gasteiger partial charge >= 0.3 is 11.9 Å². The number of allylic oxidation sites excluding steroid dienone is 2. The zero-order valence-corrected chi connectivity index (χ0v) is 21.5. The zero-order valence-electron chi connectivity index (χ0n) is 20.7. The monoisotopic (exact) mass is 505 g/mol. The summed E-state index contributed by atoms with van der Waals surface area (Å²) in [5.74, 6) is -3.38. The fraction of sp³-hybridized carbons (Fsp3) is 0.792. The minimum atomic E-state index is -4.94. The number of carboxylic acid groups (broad SMARTS) is 1. The number of unbranched alkanes of at least 4 members (excludes halogenated alkanes) is 11. The summed E-state index contributed by atoms with van der Waals surface area (Å²) in [5.41, 5.74) is 0. The summed E-state index contributed by atoms with van der Waals surface area (Å²) in [6, 6.07) is 0. The van der Waals surface area contributed by atoms with Gasteiger partial charge in [0.05, 0.1) is 6.42 Å². The second-order valence-electron chi connectivity index (χ2n) is 8.58. The summed E-state index contributed by atoms with van der Waals surface area (Å²) in [5, 5.41) is 8.85. The van der Waals surface area contributed by atoms with Gasteiger partial charge in [-0.15, -0.1) is 0 Å². The lowest BCUT2D eigenvalue weighted by Gasteiger charge is -2.17. The van der Waals surface area contributed by atoms with Crippen LogP contribution in [0.4, 0.5) is 0 Å². The molecule has 0 saturated heterocycles. The van der Waals surface area contributed by atoms with Crippen LogP contribution in [0.15, 0.2) is 12.2 Å². The van der Waals surface area contributed by atoms with Crippen LogP contribution in [0.2, 0.25) is 0 Å². The maximum absolute atomic E-state index is 11.9. The first-order valence-corrected chi connectivity index (χ1v) is 13.9. The van der Waals surface area contributed by atoms with Crippen molar-refractivity contribution in [1.82, 2.24) is 5.32 Å². The molecule has 0 radical (unpaired) electrons. The number of ether oxygens (including phenoxy) is 1. The summed E-state index contributed by atoms with van der Waals surface area (Å²) in [7, 11) is -4.94. The Kier molecular flexibility index (Phi) is 18.3. The average molecular weight is 506 g/mol. The van der Waals surface area contributed by atoms with E-state index in [1.165, 1.54) is 45.4 Å². The fourth-order valence-electron chi connectivity index (χ4n) is 3.40. The van der Waals surface area contributed by atoms with Gasteiger partial charge in [0.2, 0.25) is 5.91 Å². The number of aliphatic carboxylic acids is 1. The number of esters is 1. The molecule has 1 amide bonds.